The van der Waals surface area contributed by atoms with Crippen LogP contribution in [-0.2, 0) is 5.41 Å². The van der Waals surface area contributed by atoms with Crippen molar-refractivity contribution in [2.75, 3.05) is 0 Å². The van der Waals surface area contributed by atoms with Crippen molar-refractivity contribution >= 4 is 43.1 Å². The molecule has 10 aromatic carbocycles. The van der Waals surface area contributed by atoms with Gasteiger partial charge in [-0.25, -0.2) is 9.97 Å². The van der Waals surface area contributed by atoms with E-state index in [1.54, 1.807) is 0 Å². The largest absolute Gasteiger partial charge is 0.228 e. The number of nitrogens with zero attached hydrogens (tertiary/aromatic N) is 2. The molecular weight excluding hydrogens is 737 g/mol. The summed E-state index contributed by atoms with van der Waals surface area (Å²) in [4.78, 5) is 10.5. The fraction of sp³-hybridized carbons (Fsp3) is 0.0508. The minimum atomic E-state index is -0.0707. The van der Waals surface area contributed by atoms with Gasteiger partial charge in [-0.15, -0.1) is 0 Å². The highest BCUT2D eigenvalue weighted by Crippen LogP contribution is 2.51. The maximum atomic E-state index is 5.28. The van der Waals surface area contributed by atoms with E-state index in [2.05, 4.69) is 214 Å². The monoisotopic (exact) mass is 776 g/mol. The van der Waals surface area contributed by atoms with Crippen LogP contribution in [0.25, 0.3) is 110 Å². The van der Waals surface area contributed by atoms with Gasteiger partial charge in [0.15, 0.2) is 5.82 Å². The molecule has 286 valence electrons. The van der Waals surface area contributed by atoms with Crippen LogP contribution in [0.15, 0.2) is 206 Å². The van der Waals surface area contributed by atoms with E-state index in [1.165, 1.54) is 82.2 Å². The molecule has 1 aromatic heterocycles. The molecule has 11 aromatic rings. The lowest BCUT2D eigenvalue weighted by Gasteiger charge is -2.22. The zero-order valence-electron chi connectivity index (χ0n) is 34.0. The number of aromatic nitrogens is 2. The lowest BCUT2D eigenvalue weighted by Crippen LogP contribution is -2.14. The Morgan fingerprint density at radius 3 is 1.48 bits per heavy atom. The molecule has 0 unspecified atom stereocenters. The smallest absolute Gasteiger partial charge is 0.160 e. The predicted octanol–water partition coefficient (Wildman–Crippen LogP) is 15.7. The van der Waals surface area contributed by atoms with E-state index in [1.807, 2.05) is 6.07 Å². The minimum absolute atomic E-state index is 0.0707. The van der Waals surface area contributed by atoms with E-state index in [9.17, 15) is 0 Å². The van der Waals surface area contributed by atoms with Crippen LogP contribution in [0.2, 0.25) is 0 Å². The van der Waals surface area contributed by atoms with Crippen LogP contribution >= 0.6 is 0 Å². The number of hydrogen-bond donors (Lipinski definition) is 0. The molecule has 0 fully saturated rings. The first-order valence-corrected chi connectivity index (χ1v) is 21.1. The van der Waals surface area contributed by atoms with E-state index in [0.29, 0.717) is 5.82 Å². The molecule has 2 nitrogen and oxygen atoms in total. The molecule has 12 rings (SSSR count). The Morgan fingerprint density at radius 2 is 0.787 bits per heavy atom. The van der Waals surface area contributed by atoms with Crippen molar-refractivity contribution in [3.8, 4) is 67.3 Å². The molecule has 0 radical (unpaired) electrons. The van der Waals surface area contributed by atoms with Crippen molar-refractivity contribution in [3.05, 3.63) is 217 Å². The minimum Gasteiger partial charge on any atom is -0.228 e. The van der Waals surface area contributed by atoms with Gasteiger partial charge >= 0.3 is 0 Å². The number of hydrogen-bond acceptors (Lipinski definition) is 2. The molecule has 0 atom stereocenters. The topological polar surface area (TPSA) is 25.8 Å². The fourth-order valence-corrected chi connectivity index (χ4v) is 10.0. The van der Waals surface area contributed by atoms with Crippen LogP contribution in [0.4, 0.5) is 0 Å². The van der Waals surface area contributed by atoms with Crippen LogP contribution in [0.3, 0.4) is 0 Å². The molecule has 0 spiro atoms. The fourth-order valence-electron chi connectivity index (χ4n) is 10.0. The Kier molecular flexibility index (Phi) is 7.92. The highest BCUT2D eigenvalue weighted by molar-refractivity contribution is 6.12. The summed E-state index contributed by atoms with van der Waals surface area (Å²) < 4.78 is 0. The van der Waals surface area contributed by atoms with Gasteiger partial charge in [0.2, 0.25) is 0 Å². The maximum Gasteiger partial charge on any atom is 0.160 e. The van der Waals surface area contributed by atoms with Gasteiger partial charge in [0.1, 0.15) is 0 Å². The van der Waals surface area contributed by atoms with Crippen LogP contribution < -0.4 is 0 Å². The molecular formula is C59H40N2. The Balaban J connectivity index is 1.01. The Morgan fingerprint density at radius 1 is 0.295 bits per heavy atom. The third-order valence-corrected chi connectivity index (χ3v) is 13.1. The third kappa shape index (κ3) is 5.64. The Hall–Kier alpha value is -7.68. The van der Waals surface area contributed by atoms with Gasteiger partial charge in [0.25, 0.3) is 0 Å². The van der Waals surface area contributed by atoms with Crippen LogP contribution in [0, 0.1) is 0 Å². The van der Waals surface area contributed by atoms with Gasteiger partial charge in [0.05, 0.1) is 11.4 Å². The molecule has 0 bridgehead atoms. The molecule has 2 heteroatoms. The van der Waals surface area contributed by atoms with Gasteiger partial charge in [-0.3, -0.25) is 0 Å². The van der Waals surface area contributed by atoms with Gasteiger partial charge in [-0.05, 0) is 112 Å². The quantitative estimate of drug-likeness (QED) is 0.174. The molecule has 1 heterocycles. The summed E-state index contributed by atoms with van der Waals surface area (Å²) in [7, 11) is 0. The number of rotatable bonds is 5. The zero-order chi connectivity index (χ0) is 40.7. The second kappa shape index (κ2) is 13.7. The van der Waals surface area contributed by atoms with Gasteiger partial charge in [-0.1, -0.05) is 196 Å². The van der Waals surface area contributed by atoms with Crippen LogP contribution in [0.5, 0.6) is 0 Å². The second-order valence-corrected chi connectivity index (χ2v) is 16.9. The van der Waals surface area contributed by atoms with Crippen molar-refractivity contribution in [3.63, 3.8) is 0 Å². The van der Waals surface area contributed by atoms with Gasteiger partial charge in [0, 0.05) is 22.1 Å². The molecule has 0 saturated carbocycles. The maximum absolute atomic E-state index is 5.28. The molecule has 1 aliphatic rings. The average molecular weight is 777 g/mol. The first-order chi connectivity index (χ1) is 30.0. The highest BCUT2D eigenvalue weighted by atomic mass is 14.9. The molecule has 0 N–H and O–H groups in total. The average Bonchev–Trinajstić information content (AvgIpc) is 3.54. The van der Waals surface area contributed by atoms with Gasteiger partial charge < -0.3 is 0 Å². The zero-order valence-corrected chi connectivity index (χ0v) is 34.0. The molecule has 61 heavy (non-hydrogen) atoms. The van der Waals surface area contributed by atoms with Crippen molar-refractivity contribution in [2.24, 2.45) is 0 Å². The molecule has 0 aliphatic heterocycles. The van der Waals surface area contributed by atoms with Crippen molar-refractivity contribution in [1.29, 1.82) is 0 Å². The van der Waals surface area contributed by atoms with Crippen molar-refractivity contribution in [1.82, 2.24) is 9.97 Å². The molecule has 1 aliphatic carbocycles. The van der Waals surface area contributed by atoms with E-state index in [-0.39, 0.29) is 5.41 Å². The summed E-state index contributed by atoms with van der Waals surface area (Å²) in [5.41, 5.74) is 15.2. The summed E-state index contributed by atoms with van der Waals surface area (Å²) in [5.74, 6) is 0.711. The molecule has 0 amide bonds. The molecule has 0 saturated heterocycles. The number of benzene rings is 10. The predicted molar refractivity (Wildman–Crippen MR) is 257 cm³/mol. The highest BCUT2D eigenvalue weighted by Gasteiger charge is 2.36. The van der Waals surface area contributed by atoms with Crippen LogP contribution in [-0.4, -0.2) is 9.97 Å². The summed E-state index contributed by atoms with van der Waals surface area (Å²) in [5, 5.41) is 9.76. The summed E-state index contributed by atoms with van der Waals surface area (Å²) in [6.45, 7) is 4.73. The Bertz CT molecular complexity index is 3560. The normalized spacial score (nSPS) is 12.9. The summed E-state index contributed by atoms with van der Waals surface area (Å²) >= 11 is 0. The third-order valence-electron chi connectivity index (χ3n) is 13.1. The first-order valence-electron chi connectivity index (χ1n) is 21.1. The lowest BCUT2D eigenvalue weighted by atomic mass is 9.81. The van der Waals surface area contributed by atoms with Crippen LogP contribution in [0.1, 0.15) is 25.0 Å². The lowest BCUT2D eigenvalue weighted by molar-refractivity contribution is 0.661. The van der Waals surface area contributed by atoms with E-state index < -0.39 is 0 Å². The number of fused-ring (bicyclic) bond motifs is 7. The van der Waals surface area contributed by atoms with Gasteiger partial charge in [-0.2, -0.15) is 0 Å². The summed E-state index contributed by atoms with van der Waals surface area (Å²) in [6.07, 6.45) is 0. The van der Waals surface area contributed by atoms with Crippen molar-refractivity contribution in [2.45, 2.75) is 19.3 Å². The standard InChI is InChI=1S/C59H40N2/c1-59(2)54-32-27-41(34-52(54)53-33-39-18-6-7-19-40(39)35-55(53)59)43-28-29-48(45-23-11-10-22-44(43)45)49-30-31-51(47-25-13-12-24-46(47)49)57-36-56(60-58(61-57)38-16-4-3-5-17-38)50-26-14-20-37-15-8-9-21-42(37)50/h3-36H,1-2H3. The van der Waals surface area contributed by atoms with E-state index in [0.717, 1.165) is 33.5 Å². The first kappa shape index (κ1) is 35.3. The SMILES string of the molecule is CC1(C)c2ccc(-c3ccc(-c4ccc(-c5cc(-c6cccc7ccccc67)nc(-c6ccccc6)n5)c5ccccc45)c4ccccc34)cc2-c2cc3ccccc3cc21. The van der Waals surface area contributed by atoms with Crippen molar-refractivity contribution < 1.29 is 0 Å². The summed E-state index contributed by atoms with van der Waals surface area (Å²) in [6, 6.07) is 75.0. The second-order valence-electron chi connectivity index (χ2n) is 16.9. The van der Waals surface area contributed by atoms with E-state index in [4.69, 9.17) is 9.97 Å². The Labute approximate surface area is 355 Å². The van der Waals surface area contributed by atoms with E-state index >= 15 is 0 Å².